The van der Waals surface area contributed by atoms with Crippen LogP contribution in [-0.2, 0) is 4.74 Å². The molecule has 206 valence electrons. The Kier molecular flexibility index (Phi) is 7.72. The summed E-state index contributed by atoms with van der Waals surface area (Å²) in [5.74, 6) is 0.437. The van der Waals surface area contributed by atoms with E-state index in [2.05, 4.69) is 31.2 Å². The molecule has 8 heteroatoms. The third-order valence-electron chi connectivity index (χ3n) is 7.67. The van der Waals surface area contributed by atoms with Crippen molar-refractivity contribution in [1.82, 2.24) is 19.6 Å². The predicted octanol–water partition coefficient (Wildman–Crippen LogP) is 6.58. The molecular weight excluding hydrogens is 512 g/mol. The maximum atomic E-state index is 13.9. The number of amides is 2. The topological polar surface area (TPSA) is 67.7 Å². The van der Waals surface area contributed by atoms with E-state index in [-0.39, 0.29) is 17.9 Å². The van der Waals surface area contributed by atoms with Crippen LogP contribution in [0.25, 0.3) is 5.69 Å². The van der Waals surface area contributed by atoms with Crippen LogP contribution in [0, 0.1) is 6.92 Å². The van der Waals surface area contributed by atoms with Gasteiger partial charge in [-0.15, -0.1) is 0 Å². The van der Waals surface area contributed by atoms with Crippen molar-refractivity contribution in [3.05, 3.63) is 82.1 Å². The number of piperidine rings is 1. The van der Waals surface area contributed by atoms with Crippen LogP contribution in [0.5, 0.6) is 0 Å². The predicted molar refractivity (Wildman–Crippen MR) is 153 cm³/mol. The Morgan fingerprint density at radius 3 is 2.15 bits per heavy atom. The first kappa shape index (κ1) is 27.3. The zero-order chi connectivity index (χ0) is 27.7. The second kappa shape index (κ2) is 11.0. The second-order valence-electron chi connectivity index (χ2n) is 11.7. The van der Waals surface area contributed by atoms with Gasteiger partial charge >= 0.3 is 6.09 Å². The van der Waals surface area contributed by atoms with Crippen molar-refractivity contribution in [2.24, 2.45) is 0 Å². The van der Waals surface area contributed by atoms with E-state index in [9.17, 15) is 9.59 Å². The number of hydrogen-bond donors (Lipinski definition) is 0. The number of hydrogen-bond acceptors (Lipinski definition) is 4. The molecule has 39 heavy (non-hydrogen) atoms. The molecule has 0 radical (unpaired) electrons. The third-order valence-corrected chi connectivity index (χ3v) is 7.92. The zero-order valence-corrected chi connectivity index (χ0v) is 23.9. The Bertz CT molecular complexity index is 1320. The van der Waals surface area contributed by atoms with E-state index >= 15 is 0 Å². The van der Waals surface area contributed by atoms with Crippen molar-refractivity contribution in [2.75, 3.05) is 26.2 Å². The Balaban J connectivity index is 1.39. The van der Waals surface area contributed by atoms with E-state index in [0.29, 0.717) is 36.1 Å². The molecule has 3 aromatic rings. The van der Waals surface area contributed by atoms with Gasteiger partial charge in [-0.2, -0.15) is 5.10 Å². The molecule has 7 nitrogen and oxygen atoms in total. The summed E-state index contributed by atoms with van der Waals surface area (Å²) in [5, 5.41) is 5.34. The van der Waals surface area contributed by atoms with Gasteiger partial charge in [-0.3, -0.25) is 4.79 Å². The average Bonchev–Trinajstić information content (AvgIpc) is 3.57. The maximum absolute atomic E-state index is 13.9. The van der Waals surface area contributed by atoms with Gasteiger partial charge in [0.05, 0.1) is 23.1 Å². The number of rotatable bonds is 4. The zero-order valence-electron chi connectivity index (χ0n) is 23.2. The highest BCUT2D eigenvalue weighted by Gasteiger charge is 2.35. The number of likely N-dealkylation sites (tertiary alicyclic amines) is 2. The first-order valence-corrected chi connectivity index (χ1v) is 14.1. The molecule has 0 bridgehead atoms. The highest BCUT2D eigenvalue weighted by atomic mass is 35.5. The van der Waals surface area contributed by atoms with Crippen LogP contribution in [0.4, 0.5) is 4.79 Å². The smallest absolute Gasteiger partial charge is 0.410 e. The third kappa shape index (κ3) is 6.14. The number of aryl methyl sites for hydroxylation is 1. The Morgan fingerprint density at radius 1 is 0.897 bits per heavy atom. The van der Waals surface area contributed by atoms with E-state index in [4.69, 9.17) is 21.4 Å². The minimum absolute atomic E-state index is 0.0226. The summed E-state index contributed by atoms with van der Waals surface area (Å²) in [5.41, 5.74) is 4.40. The standard InChI is InChI=1S/C31H37ClN4O3/c1-21-5-7-22(8-6-21)24-15-18-35(20-24)29(37)27-19-33-36(26-11-9-25(32)10-12-26)28(27)23-13-16-34(17-14-23)30(38)39-31(2,3)4/h5-12,19,23-24H,13-18,20H2,1-4H3/t24-/m1/s1. The van der Waals surface area contributed by atoms with Crippen molar-refractivity contribution < 1.29 is 14.3 Å². The number of halogens is 1. The van der Waals surface area contributed by atoms with Gasteiger partial charge in [-0.1, -0.05) is 41.4 Å². The Labute approximate surface area is 235 Å². The molecule has 3 heterocycles. The summed E-state index contributed by atoms with van der Waals surface area (Å²) < 4.78 is 7.47. The fourth-order valence-corrected chi connectivity index (χ4v) is 5.72. The van der Waals surface area contributed by atoms with Gasteiger partial charge in [-0.25, -0.2) is 9.48 Å². The van der Waals surface area contributed by atoms with Crippen molar-refractivity contribution in [2.45, 2.75) is 64.4 Å². The molecule has 2 amide bonds. The summed E-state index contributed by atoms with van der Waals surface area (Å²) in [6, 6.07) is 16.1. The molecule has 0 aliphatic carbocycles. The molecule has 2 aromatic carbocycles. The lowest BCUT2D eigenvalue weighted by Crippen LogP contribution is -2.41. The molecule has 0 unspecified atom stereocenters. The van der Waals surface area contributed by atoms with Gasteiger partial charge in [-0.05, 0) is 76.8 Å². The van der Waals surface area contributed by atoms with Crippen LogP contribution >= 0.6 is 11.6 Å². The highest BCUT2D eigenvalue weighted by Crippen LogP contribution is 2.35. The number of nitrogens with zero attached hydrogens (tertiary/aromatic N) is 4. The molecule has 0 N–H and O–H groups in total. The van der Waals surface area contributed by atoms with Gasteiger partial charge < -0.3 is 14.5 Å². The lowest BCUT2D eigenvalue weighted by Gasteiger charge is -2.34. The first-order chi connectivity index (χ1) is 18.6. The number of aromatic nitrogens is 2. The molecule has 0 spiro atoms. The summed E-state index contributed by atoms with van der Waals surface area (Å²) in [6.07, 6.45) is 3.83. The van der Waals surface area contributed by atoms with E-state index in [1.54, 1.807) is 11.1 Å². The van der Waals surface area contributed by atoms with Gasteiger partial charge in [0.15, 0.2) is 0 Å². The lowest BCUT2D eigenvalue weighted by molar-refractivity contribution is 0.0203. The molecule has 5 rings (SSSR count). The number of ether oxygens (including phenoxy) is 1. The van der Waals surface area contributed by atoms with E-state index < -0.39 is 5.60 Å². The van der Waals surface area contributed by atoms with Crippen LogP contribution in [0.3, 0.4) is 0 Å². The van der Waals surface area contributed by atoms with Crippen LogP contribution in [0.15, 0.2) is 54.7 Å². The number of carbonyl (C=O) groups excluding carboxylic acids is 2. The molecule has 1 aromatic heterocycles. The van der Waals surface area contributed by atoms with Crippen molar-refractivity contribution in [3.8, 4) is 5.69 Å². The molecule has 0 saturated carbocycles. The summed E-state index contributed by atoms with van der Waals surface area (Å²) in [7, 11) is 0. The van der Waals surface area contributed by atoms with Crippen LogP contribution < -0.4 is 0 Å². The SMILES string of the molecule is Cc1ccc([C@@H]2CCN(C(=O)c3cnn(-c4ccc(Cl)cc4)c3C3CCN(C(=O)OC(C)(C)C)CC3)C2)cc1. The molecular formula is C31H37ClN4O3. The fraction of sp³-hybridized carbons (Fsp3) is 0.452. The van der Waals surface area contributed by atoms with Crippen molar-refractivity contribution in [1.29, 1.82) is 0 Å². The molecule has 2 aliphatic heterocycles. The second-order valence-corrected chi connectivity index (χ2v) is 12.2. The largest absolute Gasteiger partial charge is 0.444 e. The lowest BCUT2D eigenvalue weighted by atomic mass is 9.90. The number of carbonyl (C=O) groups is 2. The monoisotopic (exact) mass is 548 g/mol. The summed E-state index contributed by atoms with van der Waals surface area (Å²) in [6.45, 7) is 10.3. The Hall–Kier alpha value is -3.32. The molecule has 2 aliphatic rings. The Morgan fingerprint density at radius 2 is 1.51 bits per heavy atom. The van der Waals surface area contributed by atoms with Crippen LogP contribution in [0.2, 0.25) is 5.02 Å². The minimum Gasteiger partial charge on any atom is -0.444 e. The van der Waals surface area contributed by atoms with Crippen molar-refractivity contribution >= 4 is 23.6 Å². The fourth-order valence-electron chi connectivity index (χ4n) is 5.59. The van der Waals surface area contributed by atoms with E-state index in [1.165, 1.54) is 11.1 Å². The molecule has 1 atom stereocenters. The molecule has 2 fully saturated rings. The quantitative estimate of drug-likeness (QED) is 0.369. The van der Waals surface area contributed by atoms with Gasteiger partial charge in [0.25, 0.3) is 5.91 Å². The molecule has 2 saturated heterocycles. The van der Waals surface area contributed by atoms with E-state index in [0.717, 1.165) is 37.2 Å². The summed E-state index contributed by atoms with van der Waals surface area (Å²) in [4.78, 5) is 30.3. The summed E-state index contributed by atoms with van der Waals surface area (Å²) >= 11 is 6.15. The highest BCUT2D eigenvalue weighted by molar-refractivity contribution is 6.30. The van der Waals surface area contributed by atoms with Gasteiger partial charge in [0.2, 0.25) is 0 Å². The van der Waals surface area contributed by atoms with E-state index in [1.807, 2.05) is 54.6 Å². The normalized spacial score (nSPS) is 18.4. The minimum atomic E-state index is -0.535. The average molecular weight is 549 g/mol. The van der Waals surface area contributed by atoms with Crippen LogP contribution in [0.1, 0.15) is 79.0 Å². The van der Waals surface area contributed by atoms with Gasteiger partial charge in [0.1, 0.15) is 5.60 Å². The first-order valence-electron chi connectivity index (χ1n) is 13.8. The van der Waals surface area contributed by atoms with Gasteiger partial charge in [0, 0.05) is 43.0 Å². The van der Waals surface area contributed by atoms with Crippen LogP contribution in [-0.4, -0.2) is 63.4 Å². The number of benzene rings is 2. The van der Waals surface area contributed by atoms with Crippen molar-refractivity contribution in [3.63, 3.8) is 0 Å². The maximum Gasteiger partial charge on any atom is 0.410 e.